The van der Waals surface area contributed by atoms with Crippen molar-refractivity contribution in [1.82, 2.24) is 19.6 Å². The average Bonchev–Trinajstić information content (AvgIpc) is 3.29. The fourth-order valence-corrected chi connectivity index (χ4v) is 3.93. The zero-order valence-electron chi connectivity index (χ0n) is 18.2. The van der Waals surface area contributed by atoms with Gasteiger partial charge in [-0.3, -0.25) is 19.8 Å². The lowest BCUT2D eigenvalue weighted by Gasteiger charge is -2.34. The highest BCUT2D eigenvalue weighted by Gasteiger charge is 2.24. The topological polar surface area (TPSA) is 93.7 Å². The molecule has 33 heavy (non-hydrogen) atoms. The van der Waals surface area contributed by atoms with Gasteiger partial charge in [0.2, 0.25) is 0 Å². The maximum atomic E-state index is 12.9. The molecule has 172 valence electrons. The maximum Gasteiger partial charge on any atom is 0.274 e. The van der Waals surface area contributed by atoms with E-state index in [1.807, 2.05) is 11.0 Å². The molecule has 4 rings (SSSR count). The highest BCUT2D eigenvalue weighted by Crippen LogP contribution is 2.28. The lowest BCUT2D eigenvalue weighted by atomic mass is 10.1. The highest BCUT2D eigenvalue weighted by molar-refractivity contribution is 6.32. The van der Waals surface area contributed by atoms with E-state index in [2.05, 4.69) is 35.1 Å². The van der Waals surface area contributed by atoms with E-state index >= 15 is 0 Å². The average molecular weight is 470 g/mol. The number of carbonyl (C=O) groups is 1. The van der Waals surface area contributed by atoms with Crippen molar-refractivity contribution < 1.29 is 14.5 Å². The Morgan fingerprint density at radius 2 is 1.91 bits per heavy atom. The standard InChI is InChI=1S/C23H24ClN5O4/c1-17-4-2-3-5-18(17)15-26-10-12-27(13-11-26)23(30)21-8-9-28(25-21)16-33-22-7-6-19(29(31)32)14-20(22)24/h2-9,14H,10-13,15-16H2,1H3. The fraction of sp³-hybridized carbons (Fsp3) is 0.304. The van der Waals surface area contributed by atoms with Gasteiger partial charge in [0.25, 0.3) is 11.6 Å². The number of hydrogen-bond donors (Lipinski definition) is 0. The van der Waals surface area contributed by atoms with Gasteiger partial charge in [0.15, 0.2) is 12.4 Å². The fourth-order valence-electron chi connectivity index (χ4n) is 3.70. The van der Waals surface area contributed by atoms with Crippen LogP contribution in [0.5, 0.6) is 5.75 Å². The first-order valence-corrected chi connectivity index (χ1v) is 10.9. The molecule has 0 N–H and O–H groups in total. The van der Waals surface area contributed by atoms with Gasteiger partial charge < -0.3 is 9.64 Å². The summed E-state index contributed by atoms with van der Waals surface area (Å²) in [5, 5.41) is 15.3. The van der Waals surface area contributed by atoms with Crippen molar-refractivity contribution >= 4 is 23.2 Å². The lowest BCUT2D eigenvalue weighted by Crippen LogP contribution is -2.48. The Kier molecular flexibility index (Phi) is 6.90. The van der Waals surface area contributed by atoms with Gasteiger partial charge in [-0.05, 0) is 30.2 Å². The van der Waals surface area contributed by atoms with Crippen LogP contribution in [0.3, 0.4) is 0 Å². The zero-order valence-corrected chi connectivity index (χ0v) is 18.9. The number of nitrogens with zero attached hydrogens (tertiary/aromatic N) is 5. The van der Waals surface area contributed by atoms with Gasteiger partial charge in [-0.25, -0.2) is 4.68 Å². The van der Waals surface area contributed by atoms with Crippen LogP contribution in [0.25, 0.3) is 0 Å². The van der Waals surface area contributed by atoms with Crippen molar-refractivity contribution in [2.24, 2.45) is 0 Å². The predicted octanol–water partition coefficient (Wildman–Crippen LogP) is 3.75. The second kappa shape index (κ2) is 10.0. The van der Waals surface area contributed by atoms with Gasteiger partial charge in [0, 0.05) is 51.1 Å². The molecule has 1 aliphatic heterocycles. The first kappa shape index (κ1) is 22.8. The Balaban J connectivity index is 1.29. The van der Waals surface area contributed by atoms with E-state index in [0.29, 0.717) is 24.5 Å². The number of ether oxygens (including phenoxy) is 1. The van der Waals surface area contributed by atoms with Crippen LogP contribution in [0.1, 0.15) is 21.6 Å². The van der Waals surface area contributed by atoms with E-state index in [0.717, 1.165) is 19.6 Å². The van der Waals surface area contributed by atoms with Crippen molar-refractivity contribution in [2.45, 2.75) is 20.2 Å². The zero-order chi connectivity index (χ0) is 23.4. The number of aromatic nitrogens is 2. The molecule has 0 saturated carbocycles. The van der Waals surface area contributed by atoms with Crippen molar-refractivity contribution in [3.63, 3.8) is 0 Å². The van der Waals surface area contributed by atoms with Gasteiger partial charge in [-0.15, -0.1) is 0 Å². The molecule has 0 bridgehead atoms. The van der Waals surface area contributed by atoms with E-state index in [-0.39, 0.29) is 23.3 Å². The van der Waals surface area contributed by atoms with Gasteiger partial charge in [0.05, 0.1) is 9.95 Å². The van der Waals surface area contributed by atoms with Crippen LogP contribution < -0.4 is 4.74 Å². The van der Waals surface area contributed by atoms with E-state index in [1.165, 1.54) is 34.0 Å². The molecule has 9 nitrogen and oxygen atoms in total. The van der Waals surface area contributed by atoms with Crippen molar-refractivity contribution in [2.75, 3.05) is 26.2 Å². The number of carbonyl (C=O) groups excluding carboxylic acids is 1. The number of benzene rings is 2. The first-order valence-electron chi connectivity index (χ1n) is 10.6. The normalized spacial score (nSPS) is 14.3. The van der Waals surface area contributed by atoms with Crippen LogP contribution in [0, 0.1) is 17.0 Å². The molecule has 0 unspecified atom stereocenters. The van der Waals surface area contributed by atoms with Crippen LogP contribution >= 0.6 is 11.6 Å². The third-order valence-electron chi connectivity index (χ3n) is 5.65. The van der Waals surface area contributed by atoms with E-state index in [1.54, 1.807) is 12.3 Å². The SMILES string of the molecule is Cc1ccccc1CN1CCN(C(=O)c2ccn(COc3ccc([N+](=O)[O-])cc3Cl)n2)CC1. The first-order chi connectivity index (χ1) is 15.9. The number of amides is 1. The second-order valence-electron chi connectivity index (χ2n) is 7.88. The summed E-state index contributed by atoms with van der Waals surface area (Å²) in [4.78, 5) is 27.3. The van der Waals surface area contributed by atoms with Crippen molar-refractivity contribution in [3.05, 3.63) is 86.7 Å². The number of halogens is 1. The second-order valence-corrected chi connectivity index (χ2v) is 8.29. The Morgan fingerprint density at radius 3 is 2.61 bits per heavy atom. The van der Waals surface area contributed by atoms with Crippen LogP contribution in [-0.4, -0.2) is 56.6 Å². The number of nitro groups is 1. The van der Waals surface area contributed by atoms with E-state index in [9.17, 15) is 14.9 Å². The molecule has 1 aromatic heterocycles. The number of hydrogen-bond acceptors (Lipinski definition) is 6. The smallest absolute Gasteiger partial charge is 0.274 e. The van der Waals surface area contributed by atoms with Crippen LogP contribution in [0.15, 0.2) is 54.7 Å². The predicted molar refractivity (Wildman–Crippen MR) is 123 cm³/mol. The quantitative estimate of drug-likeness (QED) is 0.386. The minimum Gasteiger partial charge on any atom is -0.470 e. The van der Waals surface area contributed by atoms with E-state index in [4.69, 9.17) is 16.3 Å². The molecule has 1 aliphatic rings. The Hall–Kier alpha value is -3.43. The third kappa shape index (κ3) is 5.50. The molecule has 1 saturated heterocycles. The molecule has 3 aromatic rings. The number of rotatable bonds is 7. The molecule has 1 amide bonds. The molecule has 0 aliphatic carbocycles. The molecule has 0 radical (unpaired) electrons. The summed E-state index contributed by atoms with van der Waals surface area (Å²) in [6, 6.07) is 14.0. The van der Waals surface area contributed by atoms with Crippen LogP contribution in [-0.2, 0) is 13.3 Å². The summed E-state index contributed by atoms with van der Waals surface area (Å²) >= 11 is 6.04. The Bertz CT molecular complexity index is 1160. The molecular weight excluding hydrogens is 446 g/mol. The summed E-state index contributed by atoms with van der Waals surface area (Å²) < 4.78 is 7.08. The van der Waals surface area contributed by atoms with Gasteiger partial charge in [-0.1, -0.05) is 35.9 Å². The number of piperazine rings is 1. The molecule has 2 aromatic carbocycles. The number of non-ortho nitro benzene ring substituents is 1. The van der Waals surface area contributed by atoms with Gasteiger partial charge in [-0.2, -0.15) is 5.10 Å². The number of nitro benzene ring substituents is 1. The highest BCUT2D eigenvalue weighted by atomic mass is 35.5. The molecule has 0 spiro atoms. The monoisotopic (exact) mass is 469 g/mol. The van der Waals surface area contributed by atoms with E-state index < -0.39 is 4.92 Å². The summed E-state index contributed by atoms with van der Waals surface area (Å²) in [5.41, 5.74) is 2.82. The third-order valence-corrected chi connectivity index (χ3v) is 5.95. The van der Waals surface area contributed by atoms with Crippen molar-refractivity contribution in [1.29, 1.82) is 0 Å². The summed E-state index contributed by atoms with van der Waals surface area (Å²) in [7, 11) is 0. The van der Waals surface area contributed by atoms with Crippen molar-refractivity contribution in [3.8, 4) is 5.75 Å². The van der Waals surface area contributed by atoms with Gasteiger partial charge in [0.1, 0.15) is 5.75 Å². The van der Waals surface area contributed by atoms with Gasteiger partial charge >= 0.3 is 0 Å². The maximum absolute atomic E-state index is 12.9. The molecule has 2 heterocycles. The Morgan fingerprint density at radius 1 is 1.15 bits per heavy atom. The molecule has 10 heteroatoms. The molecular formula is C23H24ClN5O4. The summed E-state index contributed by atoms with van der Waals surface area (Å²) in [6.45, 7) is 5.93. The minimum atomic E-state index is -0.524. The number of aryl methyl sites for hydroxylation is 1. The van der Waals surface area contributed by atoms with Crippen LogP contribution in [0.4, 0.5) is 5.69 Å². The Labute approximate surface area is 196 Å². The molecule has 1 fully saturated rings. The minimum absolute atomic E-state index is 0.0228. The lowest BCUT2D eigenvalue weighted by molar-refractivity contribution is -0.384. The summed E-state index contributed by atoms with van der Waals surface area (Å²) in [5.74, 6) is 0.188. The van der Waals surface area contributed by atoms with Crippen LogP contribution in [0.2, 0.25) is 5.02 Å². The largest absolute Gasteiger partial charge is 0.470 e. The molecule has 0 atom stereocenters. The summed E-state index contributed by atoms with van der Waals surface area (Å²) in [6.07, 6.45) is 1.65.